The van der Waals surface area contributed by atoms with E-state index in [9.17, 15) is 0 Å². The van der Waals surface area contributed by atoms with Crippen molar-refractivity contribution in [2.75, 3.05) is 13.6 Å². The Kier molecular flexibility index (Phi) is 6.55. The number of benzene rings is 1. The molecule has 0 fully saturated rings. The Balaban J connectivity index is 2.75. The van der Waals surface area contributed by atoms with Crippen LogP contribution in [0.2, 0.25) is 10.0 Å². The molecule has 1 atom stereocenters. The largest absolute Gasteiger partial charge is 0.486 e. The van der Waals surface area contributed by atoms with Crippen LogP contribution in [-0.4, -0.2) is 19.7 Å². The van der Waals surface area contributed by atoms with Crippen molar-refractivity contribution in [2.24, 2.45) is 0 Å². The van der Waals surface area contributed by atoms with Crippen LogP contribution in [0.1, 0.15) is 20.3 Å². The first-order valence-electron chi connectivity index (χ1n) is 5.94. The number of nitrogens with one attached hydrogen (secondary N) is 1. The summed E-state index contributed by atoms with van der Waals surface area (Å²) in [6, 6.07) is 5.32. The van der Waals surface area contributed by atoms with Gasteiger partial charge in [-0.15, -0.1) is 0 Å². The van der Waals surface area contributed by atoms with Crippen LogP contribution >= 0.6 is 23.2 Å². The Morgan fingerprint density at radius 2 is 2.06 bits per heavy atom. The normalized spacial score (nSPS) is 12.1. The third-order valence-corrected chi connectivity index (χ3v) is 3.12. The molecule has 0 aliphatic carbocycles. The van der Waals surface area contributed by atoms with E-state index in [1.807, 2.05) is 13.1 Å². The van der Waals surface area contributed by atoms with Gasteiger partial charge >= 0.3 is 0 Å². The second-order valence-corrected chi connectivity index (χ2v) is 5.18. The topological polar surface area (TPSA) is 21.3 Å². The maximum atomic E-state index is 5.97. The fourth-order valence-electron chi connectivity index (χ4n) is 1.56. The van der Waals surface area contributed by atoms with E-state index in [2.05, 4.69) is 25.2 Å². The fourth-order valence-corrected chi connectivity index (χ4v) is 1.85. The van der Waals surface area contributed by atoms with E-state index < -0.39 is 0 Å². The highest BCUT2D eigenvalue weighted by molar-refractivity contribution is 6.42. The summed E-state index contributed by atoms with van der Waals surface area (Å²) >= 11 is 11.8. The monoisotopic (exact) mass is 287 g/mol. The summed E-state index contributed by atoms with van der Waals surface area (Å²) in [5.41, 5.74) is 1.23. The molecule has 18 heavy (non-hydrogen) atoms. The Morgan fingerprint density at radius 1 is 1.33 bits per heavy atom. The molecular weight excluding hydrogens is 269 g/mol. The van der Waals surface area contributed by atoms with Crippen molar-refractivity contribution in [3.63, 3.8) is 0 Å². The quantitative estimate of drug-likeness (QED) is 0.787. The summed E-state index contributed by atoms with van der Waals surface area (Å²) in [6.45, 7) is 5.02. The predicted octanol–water partition coefficient (Wildman–Crippen LogP) is 4.32. The molecule has 0 radical (unpaired) electrons. The first-order chi connectivity index (χ1) is 8.52. The Hall–Kier alpha value is -0.700. The molecule has 0 aromatic heterocycles. The zero-order chi connectivity index (χ0) is 13.5. The van der Waals surface area contributed by atoms with Gasteiger partial charge in [0.25, 0.3) is 0 Å². The lowest BCUT2D eigenvalue weighted by Crippen LogP contribution is -2.21. The van der Waals surface area contributed by atoms with Gasteiger partial charge in [0.05, 0.1) is 10.0 Å². The molecule has 1 aromatic rings. The van der Waals surface area contributed by atoms with E-state index in [0.29, 0.717) is 10.0 Å². The Bertz CT molecular complexity index is 414. The lowest BCUT2D eigenvalue weighted by molar-refractivity contribution is 0.237. The van der Waals surface area contributed by atoms with E-state index in [-0.39, 0.29) is 6.10 Å². The third kappa shape index (κ3) is 5.30. The summed E-state index contributed by atoms with van der Waals surface area (Å²) in [4.78, 5) is 0. The molecule has 100 valence electrons. The first kappa shape index (κ1) is 15.4. The van der Waals surface area contributed by atoms with Gasteiger partial charge in [-0.3, -0.25) is 0 Å². The number of hydrogen-bond donors (Lipinski definition) is 1. The van der Waals surface area contributed by atoms with Crippen LogP contribution in [0, 0.1) is 0 Å². The van der Waals surface area contributed by atoms with Crippen molar-refractivity contribution >= 4 is 23.2 Å². The Labute approximate surface area is 119 Å². The molecule has 1 aromatic carbocycles. The molecule has 0 saturated carbocycles. The van der Waals surface area contributed by atoms with Gasteiger partial charge in [0.1, 0.15) is 11.9 Å². The van der Waals surface area contributed by atoms with E-state index in [4.69, 9.17) is 27.9 Å². The van der Waals surface area contributed by atoms with Gasteiger partial charge in [0.15, 0.2) is 0 Å². The van der Waals surface area contributed by atoms with Gasteiger partial charge in [-0.05, 0) is 45.6 Å². The zero-order valence-electron chi connectivity index (χ0n) is 11.0. The molecule has 0 aliphatic heterocycles. The molecule has 0 heterocycles. The van der Waals surface area contributed by atoms with Gasteiger partial charge < -0.3 is 10.1 Å². The van der Waals surface area contributed by atoms with Crippen molar-refractivity contribution in [1.29, 1.82) is 0 Å². The molecular formula is C14H19Cl2NO. The molecule has 0 amide bonds. The van der Waals surface area contributed by atoms with Gasteiger partial charge in [-0.25, -0.2) is 0 Å². The lowest BCUT2D eigenvalue weighted by atomic mass is 10.2. The number of ether oxygens (including phenoxy) is 1. The molecule has 4 heteroatoms. The molecule has 0 saturated heterocycles. The second kappa shape index (κ2) is 7.67. The van der Waals surface area contributed by atoms with Crippen molar-refractivity contribution in [3.8, 4) is 5.75 Å². The van der Waals surface area contributed by atoms with Crippen molar-refractivity contribution < 1.29 is 4.74 Å². The zero-order valence-corrected chi connectivity index (χ0v) is 12.5. The fraction of sp³-hybridized carbons (Fsp3) is 0.429. The second-order valence-electron chi connectivity index (χ2n) is 4.37. The van der Waals surface area contributed by atoms with Crippen molar-refractivity contribution in [2.45, 2.75) is 26.4 Å². The summed E-state index contributed by atoms with van der Waals surface area (Å²) in [7, 11) is 1.93. The summed E-state index contributed by atoms with van der Waals surface area (Å²) < 4.78 is 5.90. The third-order valence-electron chi connectivity index (χ3n) is 2.38. The van der Waals surface area contributed by atoms with Gasteiger partial charge in [-0.2, -0.15) is 0 Å². The predicted molar refractivity (Wildman–Crippen MR) is 78.9 cm³/mol. The Morgan fingerprint density at radius 3 is 2.61 bits per heavy atom. The minimum atomic E-state index is 0.0414. The molecule has 0 bridgehead atoms. The van der Waals surface area contributed by atoms with Crippen LogP contribution in [0.3, 0.4) is 0 Å². The van der Waals surface area contributed by atoms with E-state index in [1.54, 1.807) is 12.1 Å². The minimum Gasteiger partial charge on any atom is -0.486 e. The van der Waals surface area contributed by atoms with Crippen LogP contribution in [0.5, 0.6) is 5.75 Å². The average molecular weight is 288 g/mol. The lowest BCUT2D eigenvalue weighted by Gasteiger charge is -2.17. The molecule has 1 N–H and O–H groups in total. The molecule has 2 nitrogen and oxygen atoms in total. The van der Waals surface area contributed by atoms with Gasteiger partial charge in [-0.1, -0.05) is 28.8 Å². The first-order valence-corrected chi connectivity index (χ1v) is 6.70. The smallest absolute Gasteiger partial charge is 0.121 e. The number of hydrogen-bond acceptors (Lipinski definition) is 2. The van der Waals surface area contributed by atoms with Crippen LogP contribution in [0.25, 0.3) is 0 Å². The van der Waals surface area contributed by atoms with Crippen molar-refractivity contribution in [3.05, 3.63) is 39.9 Å². The van der Waals surface area contributed by atoms with Crippen LogP contribution in [0.15, 0.2) is 29.8 Å². The highest BCUT2D eigenvalue weighted by Crippen LogP contribution is 2.27. The number of allylic oxidation sites excluding steroid dienone is 1. The van der Waals surface area contributed by atoms with E-state index >= 15 is 0 Å². The van der Waals surface area contributed by atoms with Crippen LogP contribution in [-0.2, 0) is 0 Å². The van der Waals surface area contributed by atoms with E-state index in [0.717, 1.165) is 18.7 Å². The maximum Gasteiger partial charge on any atom is 0.121 e. The van der Waals surface area contributed by atoms with Gasteiger partial charge in [0, 0.05) is 12.5 Å². The minimum absolute atomic E-state index is 0.0414. The average Bonchev–Trinajstić information content (AvgIpc) is 2.30. The standard InChI is InChI=1S/C14H19Cl2NO/c1-10(2)8-12(6-7-17-3)18-11-4-5-13(15)14(16)9-11/h4-5,8-9,12,17H,6-7H2,1-3H3. The molecule has 1 unspecified atom stereocenters. The summed E-state index contributed by atoms with van der Waals surface area (Å²) in [5, 5.41) is 4.17. The van der Waals surface area contributed by atoms with Crippen LogP contribution in [0.4, 0.5) is 0 Å². The van der Waals surface area contributed by atoms with Crippen molar-refractivity contribution in [1.82, 2.24) is 5.32 Å². The maximum absolute atomic E-state index is 5.97. The molecule has 0 spiro atoms. The SMILES string of the molecule is CNCCC(C=C(C)C)Oc1ccc(Cl)c(Cl)c1. The van der Waals surface area contributed by atoms with Gasteiger partial charge in [0.2, 0.25) is 0 Å². The summed E-state index contributed by atoms with van der Waals surface area (Å²) in [5.74, 6) is 0.739. The van der Waals surface area contributed by atoms with Crippen LogP contribution < -0.4 is 10.1 Å². The highest BCUT2D eigenvalue weighted by atomic mass is 35.5. The van der Waals surface area contributed by atoms with E-state index in [1.165, 1.54) is 5.57 Å². The highest BCUT2D eigenvalue weighted by Gasteiger charge is 2.08. The number of halogens is 2. The molecule has 1 rings (SSSR count). The summed E-state index contributed by atoms with van der Waals surface area (Å²) in [6.07, 6.45) is 3.06. The molecule has 0 aliphatic rings. The number of rotatable bonds is 6.